The number of piperazine rings is 1. The highest BCUT2D eigenvalue weighted by atomic mass is 16.5. The number of nitrogens with one attached hydrogen (secondary N) is 1. The Morgan fingerprint density at radius 2 is 2.00 bits per heavy atom. The van der Waals surface area contributed by atoms with Crippen LogP contribution in [0.2, 0.25) is 0 Å². The van der Waals surface area contributed by atoms with Gasteiger partial charge in [0.05, 0.1) is 0 Å². The van der Waals surface area contributed by atoms with Gasteiger partial charge in [-0.25, -0.2) is 0 Å². The first-order valence-electron chi connectivity index (χ1n) is 7.90. The van der Waals surface area contributed by atoms with Gasteiger partial charge in [-0.15, -0.1) is 0 Å². The van der Waals surface area contributed by atoms with Crippen LogP contribution in [-0.4, -0.2) is 74.2 Å². The highest BCUT2D eigenvalue weighted by Crippen LogP contribution is 2.14. The lowest BCUT2D eigenvalue weighted by Gasteiger charge is -2.40. The van der Waals surface area contributed by atoms with Crippen LogP contribution in [0.25, 0.3) is 0 Å². The molecule has 2 aliphatic rings. The minimum atomic E-state index is -0.213. The van der Waals surface area contributed by atoms with E-state index in [4.69, 9.17) is 4.74 Å². The molecule has 2 unspecified atom stereocenters. The van der Waals surface area contributed by atoms with E-state index in [-0.39, 0.29) is 12.0 Å². The Morgan fingerprint density at radius 3 is 2.55 bits per heavy atom. The summed E-state index contributed by atoms with van der Waals surface area (Å²) in [5, 5.41) is 3.10. The summed E-state index contributed by atoms with van der Waals surface area (Å²) in [6.07, 6.45) is 1.66. The summed E-state index contributed by atoms with van der Waals surface area (Å²) in [5.41, 5.74) is 0. The number of carbonyl (C=O) groups excluding carboxylic acids is 1. The number of rotatable bonds is 5. The number of hydrogen-bond acceptors (Lipinski definition) is 4. The molecule has 2 rings (SSSR count). The number of hydrogen-bond donors (Lipinski definition) is 1. The first-order valence-corrected chi connectivity index (χ1v) is 7.90. The standard InChI is InChI=1S/C15H29N3O2/c1-12(2)13(18-8-6-17(3)7-9-18)11-16-15(19)14-5-4-10-20-14/h12-14H,4-11H2,1-3H3,(H,16,19). The van der Waals surface area contributed by atoms with Crippen molar-refractivity contribution < 1.29 is 9.53 Å². The molecule has 0 aromatic carbocycles. The Labute approximate surface area is 122 Å². The van der Waals surface area contributed by atoms with Gasteiger partial charge in [0.2, 0.25) is 5.91 Å². The molecule has 5 heteroatoms. The smallest absolute Gasteiger partial charge is 0.249 e. The van der Waals surface area contributed by atoms with Gasteiger partial charge in [-0.3, -0.25) is 9.69 Å². The molecule has 2 aliphatic heterocycles. The molecule has 0 bridgehead atoms. The average Bonchev–Trinajstić information content (AvgIpc) is 2.94. The SMILES string of the molecule is CC(C)C(CNC(=O)C1CCCO1)N1CCN(C)CC1. The maximum Gasteiger partial charge on any atom is 0.249 e. The summed E-state index contributed by atoms with van der Waals surface area (Å²) in [6, 6.07) is 0.425. The lowest BCUT2D eigenvalue weighted by molar-refractivity contribution is -0.130. The van der Waals surface area contributed by atoms with Gasteiger partial charge in [0.1, 0.15) is 6.10 Å². The number of nitrogens with zero attached hydrogens (tertiary/aromatic N) is 2. The monoisotopic (exact) mass is 283 g/mol. The topological polar surface area (TPSA) is 44.8 Å². The fourth-order valence-corrected chi connectivity index (χ4v) is 3.04. The minimum absolute atomic E-state index is 0.0716. The van der Waals surface area contributed by atoms with Crippen molar-refractivity contribution in [3.8, 4) is 0 Å². The molecular weight excluding hydrogens is 254 g/mol. The summed E-state index contributed by atoms with van der Waals surface area (Å²) >= 11 is 0. The second-order valence-electron chi connectivity index (χ2n) is 6.40. The summed E-state index contributed by atoms with van der Waals surface area (Å²) in [6.45, 7) is 10.3. The van der Waals surface area contributed by atoms with E-state index in [1.54, 1.807) is 0 Å². The van der Waals surface area contributed by atoms with E-state index in [0.717, 1.165) is 52.2 Å². The Hall–Kier alpha value is -0.650. The van der Waals surface area contributed by atoms with E-state index in [2.05, 4.69) is 36.0 Å². The lowest BCUT2D eigenvalue weighted by Crippen LogP contribution is -2.54. The predicted octanol–water partition coefficient (Wildman–Crippen LogP) is 0.554. The molecular formula is C15H29N3O2. The third kappa shape index (κ3) is 4.17. The van der Waals surface area contributed by atoms with Crippen molar-refractivity contribution in [3.05, 3.63) is 0 Å². The highest BCUT2D eigenvalue weighted by molar-refractivity contribution is 5.80. The van der Waals surface area contributed by atoms with Crippen LogP contribution in [0.15, 0.2) is 0 Å². The zero-order chi connectivity index (χ0) is 14.5. The van der Waals surface area contributed by atoms with Gasteiger partial charge >= 0.3 is 0 Å². The Kier molecular flexibility index (Phi) is 5.81. The fourth-order valence-electron chi connectivity index (χ4n) is 3.04. The Balaban J connectivity index is 1.81. The maximum absolute atomic E-state index is 12.0. The van der Waals surface area contributed by atoms with Gasteiger partial charge in [0.15, 0.2) is 0 Å². The van der Waals surface area contributed by atoms with E-state index in [0.29, 0.717) is 12.0 Å². The molecule has 2 fully saturated rings. The zero-order valence-electron chi connectivity index (χ0n) is 13.1. The molecule has 0 aromatic rings. The van der Waals surface area contributed by atoms with Gasteiger partial charge in [0.25, 0.3) is 0 Å². The molecule has 1 N–H and O–H groups in total. The first kappa shape index (κ1) is 15.7. The zero-order valence-corrected chi connectivity index (χ0v) is 13.1. The third-order valence-electron chi connectivity index (χ3n) is 4.48. The van der Waals surface area contributed by atoms with Gasteiger partial charge in [-0.05, 0) is 25.8 Å². The molecule has 2 atom stereocenters. The minimum Gasteiger partial charge on any atom is -0.368 e. The molecule has 0 saturated carbocycles. The van der Waals surface area contributed by atoms with Crippen molar-refractivity contribution in [2.45, 2.75) is 38.8 Å². The molecule has 0 aliphatic carbocycles. The molecule has 1 amide bonds. The number of amides is 1. The fraction of sp³-hybridized carbons (Fsp3) is 0.933. The van der Waals surface area contributed by atoms with Crippen LogP contribution in [0.1, 0.15) is 26.7 Å². The number of carbonyl (C=O) groups is 1. The van der Waals surface area contributed by atoms with Crippen molar-refractivity contribution >= 4 is 5.91 Å². The number of ether oxygens (including phenoxy) is 1. The second kappa shape index (κ2) is 7.38. The summed E-state index contributed by atoms with van der Waals surface area (Å²) in [7, 11) is 2.17. The van der Waals surface area contributed by atoms with E-state index >= 15 is 0 Å². The molecule has 2 heterocycles. The van der Waals surface area contributed by atoms with Crippen LogP contribution in [-0.2, 0) is 9.53 Å². The summed E-state index contributed by atoms with van der Waals surface area (Å²) in [4.78, 5) is 16.9. The van der Waals surface area contributed by atoms with Crippen LogP contribution in [0, 0.1) is 5.92 Å². The predicted molar refractivity (Wildman–Crippen MR) is 79.7 cm³/mol. The third-order valence-corrected chi connectivity index (χ3v) is 4.48. The van der Waals surface area contributed by atoms with Crippen LogP contribution >= 0.6 is 0 Å². The van der Waals surface area contributed by atoms with Crippen molar-refractivity contribution in [2.24, 2.45) is 5.92 Å². The van der Waals surface area contributed by atoms with Crippen LogP contribution in [0.4, 0.5) is 0 Å². The lowest BCUT2D eigenvalue weighted by atomic mass is 10.0. The van der Waals surface area contributed by atoms with Gasteiger partial charge < -0.3 is 15.0 Å². The van der Waals surface area contributed by atoms with Gasteiger partial charge in [-0.2, -0.15) is 0 Å². The van der Waals surface area contributed by atoms with Crippen LogP contribution in [0.5, 0.6) is 0 Å². The van der Waals surface area contributed by atoms with E-state index in [1.807, 2.05) is 0 Å². The quantitative estimate of drug-likeness (QED) is 0.800. The molecule has 0 spiro atoms. The van der Waals surface area contributed by atoms with Crippen LogP contribution in [0.3, 0.4) is 0 Å². The second-order valence-corrected chi connectivity index (χ2v) is 6.40. The normalized spacial score (nSPS) is 26.9. The first-order chi connectivity index (χ1) is 9.58. The molecule has 116 valence electrons. The molecule has 0 radical (unpaired) electrons. The summed E-state index contributed by atoms with van der Waals surface area (Å²) in [5.74, 6) is 0.616. The molecule has 5 nitrogen and oxygen atoms in total. The van der Waals surface area contributed by atoms with Crippen molar-refractivity contribution in [2.75, 3.05) is 46.4 Å². The largest absolute Gasteiger partial charge is 0.368 e. The van der Waals surface area contributed by atoms with Crippen molar-refractivity contribution in [1.29, 1.82) is 0 Å². The van der Waals surface area contributed by atoms with E-state index in [1.165, 1.54) is 0 Å². The van der Waals surface area contributed by atoms with Crippen LogP contribution < -0.4 is 5.32 Å². The average molecular weight is 283 g/mol. The Morgan fingerprint density at radius 1 is 1.30 bits per heavy atom. The van der Waals surface area contributed by atoms with E-state index in [9.17, 15) is 4.79 Å². The molecule has 20 heavy (non-hydrogen) atoms. The van der Waals surface area contributed by atoms with Crippen molar-refractivity contribution in [3.63, 3.8) is 0 Å². The van der Waals surface area contributed by atoms with Gasteiger partial charge in [-0.1, -0.05) is 13.8 Å². The number of likely N-dealkylation sites (N-methyl/N-ethyl adjacent to an activating group) is 1. The van der Waals surface area contributed by atoms with Gasteiger partial charge in [0, 0.05) is 45.4 Å². The molecule has 2 saturated heterocycles. The van der Waals surface area contributed by atoms with Crippen molar-refractivity contribution in [1.82, 2.24) is 15.1 Å². The Bertz CT molecular complexity index is 308. The highest BCUT2D eigenvalue weighted by Gasteiger charge is 2.28. The van der Waals surface area contributed by atoms with E-state index < -0.39 is 0 Å². The summed E-state index contributed by atoms with van der Waals surface area (Å²) < 4.78 is 5.43. The molecule has 0 aromatic heterocycles. The maximum atomic E-state index is 12.0.